The largest absolute Gasteiger partial charge is 0.324 e. The van der Waals surface area contributed by atoms with Crippen molar-refractivity contribution >= 4 is 27.5 Å². The summed E-state index contributed by atoms with van der Waals surface area (Å²) in [5.74, 6) is -2.06. The minimum atomic E-state index is -3.68. The number of hydrogen-bond acceptors (Lipinski definition) is 4. The molecule has 2 aliphatic heterocycles. The third kappa shape index (κ3) is 4.99. The average molecular weight is 526 g/mol. The Balaban J connectivity index is 1.53. The van der Waals surface area contributed by atoms with Crippen molar-refractivity contribution in [2.24, 2.45) is 0 Å². The predicted octanol–water partition coefficient (Wildman–Crippen LogP) is 4.32. The summed E-state index contributed by atoms with van der Waals surface area (Å²) in [4.78, 5) is 27.8. The number of amides is 2. The lowest BCUT2D eigenvalue weighted by molar-refractivity contribution is -0.117. The maximum Gasteiger partial charge on any atom is 0.255 e. The lowest BCUT2D eigenvalue weighted by Gasteiger charge is -2.31. The van der Waals surface area contributed by atoms with E-state index in [4.69, 9.17) is 0 Å². The number of carbonyl (C=O) groups is 2. The van der Waals surface area contributed by atoms with Gasteiger partial charge in [0.25, 0.3) is 5.91 Å². The molecule has 0 spiro atoms. The maximum absolute atomic E-state index is 14.3. The van der Waals surface area contributed by atoms with Gasteiger partial charge in [-0.2, -0.15) is 4.31 Å². The van der Waals surface area contributed by atoms with E-state index in [0.717, 1.165) is 19.3 Å². The van der Waals surface area contributed by atoms with E-state index in [9.17, 15) is 26.8 Å². The number of anilines is 1. The highest BCUT2D eigenvalue weighted by atomic mass is 32.2. The second-order valence-corrected chi connectivity index (χ2v) is 11.1. The molecule has 0 radical (unpaired) electrons. The molecule has 0 bridgehead atoms. The second kappa shape index (κ2) is 10.0. The Hall–Kier alpha value is -3.63. The van der Waals surface area contributed by atoms with Gasteiger partial charge in [-0.05, 0) is 73.0 Å². The number of nitrogens with zero attached hydrogens (tertiary/aromatic N) is 2. The van der Waals surface area contributed by atoms with E-state index < -0.39 is 39.5 Å². The van der Waals surface area contributed by atoms with Crippen molar-refractivity contribution in [1.82, 2.24) is 9.21 Å². The molecular weight excluding hydrogens is 500 g/mol. The lowest BCUT2D eigenvalue weighted by atomic mass is 9.95. The van der Waals surface area contributed by atoms with Gasteiger partial charge < -0.3 is 10.2 Å². The van der Waals surface area contributed by atoms with Crippen LogP contribution in [0.15, 0.2) is 71.6 Å². The van der Waals surface area contributed by atoms with Gasteiger partial charge in [0.05, 0.1) is 10.9 Å². The summed E-state index contributed by atoms with van der Waals surface area (Å²) in [6, 6.07) is 14.0. The fourth-order valence-corrected chi connectivity index (χ4v) is 6.38. The van der Waals surface area contributed by atoms with Gasteiger partial charge in [0.1, 0.15) is 18.2 Å². The molecular formula is C27H25F2N3O4S. The molecule has 2 amide bonds. The van der Waals surface area contributed by atoms with Gasteiger partial charge in [0.15, 0.2) is 0 Å². The number of benzene rings is 3. The van der Waals surface area contributed by atoms with Crippen molar-refractivity contribution < 1.29 is 26.8 Å². The second-order valence-electron chi connectivity index (χ2n) is 9.16. The fraction of sp³-hybridized carbons (Fsp3) is 0.259. The molecule has 7 nitrogen and oxygen atoms in total. The van der Waals surface area contributed by atoms with Crippen LogP contribution >= 0.6 is 0 Å². The molecule has 0 saturated carbocycles. The van der Waals surface area contributed by atoms with Crippen LogP contribution < -0.4 is 5.32 Å². The van der Waals surface area contributed by atoms with Crippen LogP contribution in [0, 0.1) is 11.6 Å². The minimum Gasteiger partial charge on any atom is -0.324 e. The van der Waals surface area contributed by atoms with Gasteiger partial charge in [0.2, 0.25) is 15.9 Å². The zero-order valence-electron chi connectivity index (χ0n) is 19.9. The van der Waals surface area contributed by atoms with Crippen molar-refractivity contribution in [3.05, 3.63) is 95.1 Å². The van der Waals surface area contributed by atoms with Crippen molar-refractivity contribution in [2.75, 3.05) is 25.0 Å². The van der Waals surface area contributed by atoms with E-state index in [1.54, 1.807) is 0 Å². The Kier molecular flexibility index (Phi) is 6.78. The number of carbonyl (C=O) groups excluding carboxylic acids is 2. The summed E-state index contributed by atoms with van der Waals surface area (Å²) < 4.78 is 55.4. The van der Waals surface area contributed by atoms with Crippen molar-refractivity contribution in [2.45, 2.75) is 30.2 Å². The highest BCUT2D eigenvalue weighted by Gasteiger charge is 2.35. The van der Waals surface area contributed by atoms with Crippen LogP contribution in [-0.2, 0) is 14.8 Å². The molecule has 1 N–H and O–H groups in total. The van der Waals surface area contributed by atoms with Crippen LogP contribution in [-0.4, -0.2) is 49.1 Å². The molecule has 0 aromatic heterocycles. The van der Waals surface area contributed by atoms with E-state index >= 15 is 0 Å². The molecule has 0 aliphatic carbocycles. The zero-order valence-corrected chi connectivity index (χ0v) is 20.7. The predicted molar refractivity (Wildman–Crippen MR) is 133 cm³/mol. The van der Waals surface area contributed by atoms with E-state index in [-0.39, 0.29) is 17.0 Å². The van der Waals surface area contributed by atoms with Gasteiger partial charge in [-0.1, -0.05) is 18.6 Å². The van der Waals surface area contributed by atoms with Gasteiger partial charge >= 0.3 is 0 Å². The number of nitrogens with one attached hydrogen (secondary N) is 1. The first-order chi connectivity index (χ1) is 17.7. The number of hydrogen-bond donors (Lipinski definition) is 1. The van der Waals surface area contributed by atoms with Crippen molar-refractivity contribution in [3.8, 4) is 0 Å². The molecule has 2 heterocycles. The van der Waals surface area contributed by atoms with E-state index in [1.807, 2.05) is 0 Å². The van der Waals surface area contributed by atoms with Crippen LogP contribution in [0.25, 0.3) is 0 Å². The number of fused-ring (bicyclic) bond motifs is 1. The highest BCUT2D eigenvalue weighted by molar-refractivity contribution is 7.89. The Morgan fingerprint density at radius 3 is 2.19 bits per heavy atom. The van der Waals surface area contributed by atoms with Crippen LogP contribution in [0.2, 0.25) is 0 Å². The molecule has 1 atom stereocenters. The molecule has 1 saturated heterocycles. The van der Waals surface area contributed by atoms with Crippen LogP contribution in [0.5, 0.6) is 0 Å². The minimum absolute atomic E-state index is 0.0852. The summed E-state index contributed by atoms with van der Waals surface area (Å²) in [6.07, 6.45) is 2.60. The fourth-order valence-electron chi connectivity index (χ4n) is 4.86. The maximum atomic E-state index is 14.3. The molecule has 0 unspecified atom stereocenters. The summed E-state index contributed by atoms with van der Waals surface area (Å²) in [5.41, 5.74) is 1.34. The van der Waals surface area contributed by atoms with Gasteiger partial charge in [0, 0.05) is 29.9 Å². The molecule has 1 fully saturated rings. The van der Waals surface area contributed by atoms with E-state index in [1.165, 1.54) is 75.9 Å². The third-order valence-corrected chi connectivity index (χ3v) is 8.62. The molecule has 2 aliphatic rings. The quantitative estimate of drug-likeness (QED) is 0.550. The Labute approximate surface area is 213 Å². The van der Waals surface area contributed by atoms with Crippen molar-refractivity contribution in [3.63, 3.8) is 0 Å². The average Bonchev–Trinajstić information content (AvgIpc) is 3.05. The zero-order chi connectivity index (χ0) is 26.2. The van der Waals surface area contributed by atoms with Crippen molar-refractivity contribution in [1.29, 1.82) is 0 Å². The number of halogens is 2. The van der Waals surface area contributed by atoms with Crippen LogP contribution in [0.4, 0.5) is 14.5 Å². The first-order valence-corrected chi connectivity index (χ1v) is 13.4. The normalized spacial score (nSPS) is 18.6. The first-order valence-electron chi connectivity index (χ1n) is 12.0. The van der Waals surface area contributed by atoms with E-state index in [0.29, 0.717) is 29.9 Å². The molecule has 10 heteroatoms. The standard InChI is InChI=1S/C27H25F2N3O4S/c28-20-8-4-18(5-9-20)26-23-16-21(29)10-13-24(23)30-25(33)17-32(26)27(34)19-6-11-22(12-7-19)37(35,36)31-14-2-1-3-15-31/h4-13,16,26H,1-3,14-15,17H2,(H,30,33)/t26-/m0/s1. The van der Waals surface area contributed by atoms with Gasteiger partial charge in [-0.15, -0.1) is 0 Å². The summed E-state index contributed by atoms with van der Waals surface area (Å²) >= 11 is 0. The molecule has 3 aromatic carbocycles. The Morgan fingerprint density at radius 1 is 0.865 bits per heavy atom. The number of piperidine rings is 1. The molecule has 37 heavy (non-hydrogen) atoms. The first kappa shape index (κ1) is 25.0. The Bertz CT molecular complexity index is 1440. The van der Waals surface area contributed by atoms with Gasteiger partial charge in [-0.25, -0.2) is 17.2 Å². The topological polar surface area (TPSA) is 86.8 Å². The SMILES string of the molecule is O=C1CN(C(=O)c2ccc(S(=O)(=O)N3CCCCC3)cc2)[C@@H](c2ccc(F)cc2)c2cc(F)ccc2N1. The van der Waals surface area contributed by atoms with E-state index in [2.05, 4.69) is 5.32 Å². The summed E-state index contributed by atoms with van der Waals surface area (Å²) in [6.45, 7) is 0.577. The molecule has 3 aromatic rings. The smallest absolute Gasteiger partial charge is 0.255 e. The summed E-state index contributed by atoms with van der Waals surface area (Å²) in [7, 11) is -3.68. The Morgan fingerprint density at radius 2 is 1.51 bits per heavy atom. The molecule has 5 rings (SSSR count). The van der Waals surface area contributed by atoms with Gasteiger partial charge in [-0.3, -0.25) is 9.59 Å². The molecule has 192 valence electrons. The lowest BCUT2D eigenvalue weighted by Crippen LogP contribution is -2.39. The van der Waals surface area contributed by atoms with Crippen LogP contribution in [0.3, 0.4) is 0 Å². The monoisotopic (exact) mass is 525 g/mol. The highest BCUT2D eigenvalue weighted by Crippen LogP contribution is 2.37. The van der Waals surface area contributed by atoms with Crippen LogP contribution in [0.1, 0.15) is 46.8 Å². The number of sulfonamides is 1. The summed E-state index contributed by atoms with van der Waals surface area (Å²) in [5, 5.41) is 2.70. The third-order valence-electron chi connectivity index (χ3n) is 6.71. The number of rotatable bonds is 4.